The second kappa shape index (κ2) is 7.44. The molecule has 0 aliphatic rings. The van der Waals surface area contributed by atoms with Gasteiger partial charge in [0.15, 0.2) is 0 Å². The van der Waals surface area contributed by atoms with E-state index in [-0.39, 0.29) is 12.0 Å². The number of hydrogen-bond donors (Lipinski definition) is 2. The lowest BCUT2D eigenvalue weighted by molar-refractivity contribution is 0.0526. The number of benzene rings is 2. The number of fused-ring (bicyclic) bond motifs is 1. The van der Waals surface area contributed by atoms with Crippen LogP contribution in [0.3, 0.4) is 0 Å². The molecule has 0 aliphatic carbocycles. The smallest absolute Gasteiger partial charge is 0.338 e. The first-order chi connectivity index (χ1) is 12.2. The van der Waals surface area contributed by atoms with Crippen molar-refractivity contribution in [2.75, 3.05) is 17.2 Å². The number of pyridine rings is 1. The van der Waals surface area contributed by atoms with Gasteiger partial charge in [-0.05, 0) is 43.3 Å². The summed E-state index contributed by atoms with van der Waals surface area (Å²) in [5.74, 6) is -0.386. The van der Waals surface area contributed by atoms with Crippen LogP contribution in [0.2, 0.25) is 0 Å². The molecule has 2 amide bonds. The van der Waals surface area contributed by atoms with Gasteiger partial charge in [0.25, 0.3) is 0 Å². The molecular weight excluding hydrogens is 318 g/mol. The Morgan fingerprint density at radius 2 is 1.84 bits per heavy atom. The zero-order chi connectivity index (χ0) is 17.6. The zero-order valence-corrected chi connectivity index (χ0v) is 13.7. The molecule has 0 saturated heterocycles. The molecule has 3 aromatic rings. The predicted molar refractivity (Wildman–Crippen MR) is 96.8 cm³/mol. The fourth-order valence-electron chi connectivity index (χ4n) is 2.42. The SMILES string of the molecule is CCOC(=O)c1ccc(NC(=O)Nc2cccc3cnccc23)cc1. The number of carbonyl (C=O) groups excluding carboxylic acids is 2. The van der Waals surface area contributed by atoms with E-state index < -0.39 is 0 Å². The van der Waals surface area contributed by atoms with Crippen LogP contribution >= 0.6 is 0 Å². The first kappa shape index (κ1) is 16.4. The minimum absolute atomic E-state index is 0.321. The summed E-state index contributed by atoms with van der Waals surface area (Å²) in [6.45, 7) is 2.07. The number of aromatic nitrogens is 1. The lowest BCUT2D eigenvalue weighted by Gasteiger charge is -2.10. The molecule has 0 bridgehead atoms. The van der Waals surface area contributed by atoms with E-state index in [2.05, 4.69) is 15.6 Å². The van der Waals surface area contributed by atoms with E-state index in [1.807, 2.05) is 24.3 Å². The topological polar surface area (TPSA) is 80.3 Å². The van der Waals surface area contributed by atoms with Gasteiger partial charge in [0.2, 0.25) is 0 Å². The standard InChI is InChI=1S/C19H17N3O3/c1-2-25-18(23)13-6-8-15(9-7-13)21-19(24)22-17-5-3-4-14-12-20-11-10-16(14)17/h3-12H,2H2,1H3,(H2,21,22,24). The number of nitrogens with one attached hydrogen (secondary N) is 2. The normalized spacial score (nSPS) is 10.3. The van der Waals surface area contributed by atoms with Crippen LogP contribution < -0.4 is 10.6 Å². The second-order valence-electron chi connectivity index (χ2n) is 5.28. The highest BCUT2D eigenvalue weighted by molar-refractivity contribution is 6.06. The highest BCUT2D eigenvalue weighted by atomic mass is 16.5. The molecule has 1 aromatic heterocycles. The van der Waals surface area contributed by atoms with Crippen LogP contribution in [0.4, 0.5) is 16.2 Å². The van der Waals surface area contributed by atoms with Crippen molar-refractivity contribution in [1.29, 1.82) is 0 Å². The Hall–Kier alpha value is -3.41. The van der Waals surface area contributed by atoms with Gasteiger partial charge in [-0.3, -0.25) is 4.98 Å². The van der Waals surface area contributed by atoms with Gasteiger partial charge in [0, 0.05) is 28.9 Å². The largest absolute Gasteiger partial charge is 0.462 e. The van der Waals surface area contributed by atoms with E-state index in [4.69, 9.17) is 4.74 Å². The van der Waals surface area contributed by atoms with Crippen LogP contribution in [0.1, 0.15) is 17.3 Å². The minimum Gasteiger partial charge on any atom is -0.462 e. The zero-order valence-electron chi connectivity index (χ0n) is 13.7. The highest BCUT2D eigenvalue weighted by Gasteiger charge is 2.08. The summed E-state index contributed by atoms with van der Waals surface area (Å²) in [6, 6.07) is 13.6. The van der Waals surface area contributed by atoms with Crippen LogP contribution in [0.15, 0.2) is 60.9 Å². The Kier molecular flexibility index (Phi) is 4.89. The lowest BCUT2D eigenvalue weighted by atomic mass is 10.1. The van der Waals surface area contributed by atoms with Gasteiger partial charge in [0.05, 0.1) is 17.9 Å². The molecular formula is C19H17N3O3. The molecule has 0 saturated carbocycles. The fourth-order valence-corrected chi connectivity index (χ4v) is 2.42. The molecule has 0 radical (unpaired) electrons. The third-order valence-corrected chi connectivity index (χ3v) is 3.58. The van der Waals surface area contributed by atoms with Gasteiger partial charge >= 0.3 is 12.0 Å². The van der Waals surface area contributed by atoms with Gasteiger partial charge in [-0.15, -0.1) is 0 Å². The van der Waals surface area contributed by atoms with Crippen molar-refractivity contribution in [1.82, 2.24) is 4.98 Å². The Morgan fingerprint density at radius 1 is 1.04 bits per heavy atom. The Labute approximate surface area is 144 Å². The highest BCUT2D eigenvalue weighted by Crippen LogP contribution is 2.22. The molecule has 0 spiro atoms. The maximum Gasteiger partial charge on any atom is 0.338 e. The van der Waals surface area contributed by atoms with Crippen molar-refractivity contribution >= 4 is 34.1 Å². The third kappa shape index (κ3) is 3.92. The summed E-state index contributed by atoms with van der Waals surface area (Å²) >= 11 is 0. The Morgan fingerprint density at radius 3 is 2.60 bits per heavy atom. The molecule has 126 valence electrons. The number of ether oxygens (including phenoxy) is 1. The molecule has 3 rings (SSSR count). The van der Waals surface area contributed by atoms with Crippen LogP contribution in [0, 0.1) is 0 Å². The molecule has 0 unspecified atom stereocenters. The number of hydrogen-bond acceptors (Lipinski definition) is 4. The van der Waals surface area contributed by atoms with Crippen molar-refractivity contribution < 1.29 is 14.3 Å². The van der Waals surface area contributed by atoms with Crippen molar-refractivity contribution in [3.05, 3.63) is 66.5 Å². The summed E-state index contributed by atoms with van der Waals surface area (Å²) in [5, 5.41) is 7.41. The van der Waals surface area contributed by atoms with Crippen molar-refractivity contribution in [3.8, 4) is 0 Å². The summed E-state index contributed by atoms with van der Waals surface area (Å²) in [7, 11) is 0. The summed E-state index contributed by atoms with van der Waals surface area (Å²) < 4.78 is 4.93. The molecule has 0 atom stereocenters. The average Bonchev–Trinajstić information content (AvgIpc) is 2.63. The number of amides is 2. The molecule has 2 aromatic carbocycles. The number of anilines is 2. The van der Waals surface area contributed by atoms with E-state index >= 15 is 0 Å². The molecule has 25 heavy (non-hydrogen) atoms. The first-order valence-corrected chi connectivity index (χ1v) is 7.85. The number of nitrogens with zero attached hydrogens (tertiary/aromatic N) is 1. The Bertz CT molecular complexity index is 902. The maximum absolute atomic E-state index is 12.2. The third-order valence-electron chi connectivity index (χ3n) is 3.58. The molecule has 1 heterocycles. The van der Waals surface area contributed by atoms with Gasteiger partial charge in [-0.2, -0.15) is 0 Å². The lowest BCUT2D eigenvalue weighted by Crippen LogP contribution is -2.19. The van der Waals surface area contributed by atoms with Crippen molar-refractivity contribution in [2.45, 2.75) is 6.92 Å². The number of urea groups is 1. The van der Waals surface area contributed by atoms with Crippen LogP contribution in [0.5, 0.6) is 0 Å². The average molecular weight is 335 g/mol. The quantitative estimate of drug-likeness (QED) is 0.705. The van der Waals surface area contributed by atoms with E-state index in [0.29, 0.717) is 23.5 Å². The molecule has 2 N–H and O–H groups in total. The minimum atomic E-state index is -0.386. The van der Waals surface area contributed by atoms with Crippen LogP contribution in [-0.2, 0) is 4.74 Å². The summed E-state index contributed by atoms with van der Waals surface area (Å²) in [6.07, 6.45) is 3.42. The fraction of sp³-hybridized carbons (Fsp3) is 0.105. The van der Waals surface area contributed by atoms with Crippen LogP contribution in [0.25, 0.3) is 10.8 Å². The van der Waals surface area contributed by atoms with Gasteiger partial charge in [-0.1, -0.05) is 12.1 Å². The summed E-state index contributed by atoms with van der Waals surface area (Å²) in [5.41, 5.74) is 1.71. The van der Waals surface area contributed by atoms with Gasteiger partial charge < -0.3 is 15.4 Å². The van der Waals surface area contributed by atoms with Crippen molar-refractivity contribution in [3.63, 3.8) is 0 Å². The number of rotatable bonds is 4. The predicted octanol–water partition coefficient (Wildman–Crippen LogP) is 4.06. The monoisotopic (exact) mass is 335 g/mol. The first-order valence-electron chi connectivity index (χ1n) is 7.85. The van der Waals surface area contributed by atoms with Gasteiger partial charge in [-0.25, -0.2) is 9.59 Å². The molecule has 6 heteroatoms. The van der Waals surface area contributed by atoms with E-state index in [1.54, 1.807) is 43.6 Å². The van der Waals surface area contributed by atoms with Gasteiger partial charge in [0.1, 0.15) is 0 Å². The number of esters is 1. The molecule has 0 fully saturated rings. The summed E-state index contributed by atoms with van der Waals surface area (Å²) in [4.78, 5) is 27.9. The maximum atomic E-state index is 12.2. The molecule has 0 aliphatic heterocycles. The van der Waals surface area contributed by atoms with E-state index in [9.17, 15) is 9.59 Å². The van der Waals surface area contributed by atoms with E-state index in [1.165, 1.54) is 0 Å². The second-order valence-corrected chi connectivity index (χ2v) is 5.28. The van der Waals surface area contributed by atoms with E-state index in [0.717, 1.165) is 10.8 Å². The van der Waals surface area contributed by atoms with Crippen LogP contribution in [-0.4, -0.2) is 23.6 Å². The number of carbonyl (C=O) groups is 2. The molecule has 6 nitrogen and oxygen atoms in total. The van der Waals surface area contributed by atoms with Crippen molar-refractivity contribution in [2.24, 2.45) is 0 Å². The Balaban J connectivity index is 1.69.